The van der Waals surface area contributed by atoms with Gasteiger partial charge in [0, 0.05) is 0 Å². The summed E-state index contributed by atoms with van der Waals surface area (Å²) in [5, 5.41) is 6.50. The highest BCUT2D eigenvalue weighted by atomic mass is 35.5. The van der Waals surface area contributed by atoms with E-state index in [1.807, 2.05) is 0 Å². The molecule has 158 valence electrons. The van der Waals surface area contributed by atoms with Crippen LogP contribution in [0.3, 0.4) is 0 Å². The topological polar surface area (TPSA) is 79.8 Å². The summed E-state index contributed by atoms with van der Waals surface area (Å²) in [6, 6.07) is 17.6. The van der Waals surface area contributed by atoms with Crippen LogP contribution < -0.4 is 15.5 Å². The third kappa shape index (κ3) is 6.53. The standard InChI is InChI=1S/C22H16Cl2FN3O3/c23-18-2-1-3-19(20(18)24)27-21(29)22(30)28-26-12-14-6-10-17(11-7-14)31-13-15-4-8-16(25)9-5-15/h1-12H,13H2,(H,27,29)(H,28,30)/b26-12-. The molecule has 0 heterocycles. The molecule has 2 N–H and O–H groups in total. The fourth-order valence-electron chi connectivity index (χ4n) is 2.39. The number of carbonyl (C=O) groups excluding carboxylic acids is 2. The summed E-state index contributed by atoms with van der Waals surface area (Å²) in [7, 11) is 0. The molecule has 3 rings (SSSR count). The Morgan fingerprint density at radius 2 is 1.68 bits per heavy atom. The highest BCUT2D eigenvalue weighted by Crippen LogP contribution is 2.29. The summed E-state index contributed by atoms with van der Waals surface area (Å²) in [6.45, 7) is 0.301. The first kappa shape index (κ1) is 22.3. The van der Waals surface area contributed by atoms with Crippen LogP contribution in [0.1, 0.15) is 11.1 Å². The first-order valence-electron chi connectivity index (χ1n) is 8.98. The van der Waals surface area contributed by atoms with Gasteiger partial charge in [-0.05, 0) is 59.7 Å². The number of ether oxygens (including phenoxy) is 1. The quantitative estimate of drug-likeness (QED) is 0.315. The minimum absolute atomic E-state index is 0.135. The number of rotatable bonds is 6. The molecule has 0 bridgehead atoms. The average molecular weight is 460 g/mol. The second kappa shape index (κ2) is 10.6. The Bertz CT molecular complexity index is 1100. The minimum atomic E-state index is -0.966. The van der Waals surface area contributed by atoms with E-state index in [2.05, 4.69) is 15.8 Å². The lowest BCUT2D eigenvalue weighted by molar-refractivity contribution is -0.136. The molecule has 0 atom stereocenters. The van der Waals surface area contributed by atoms with Crippen molar-refractivity contribution < 1.29 is 18.7 Å². The van der Waals surface area contributed by atoms with E-state index in [0.717, 1.165) is 5.56 Å². The van der Waals surface area contributed by atoms with Crippen LogP contribution in [0.5, 0.6) is 5.75 Å². The zero-order valence-electron chi connectivity index (χ0n) is 15.9. The van der Waals surface area contributed by atoms with Crippen LogP contribution in [0.2, 0.25) is 10.0 Å². The number of nitrogens with one attached hydrogen (secondary N) is 2. The third-order valence-electron chi connectivity index (χ3n) is 3.98. The molecule has 0 unspecified atom stereocenters. The fourth-order valence-corrected chi connectivity index (χ4v) is 2.74. The molecule has 0 aliphatic heterocycles. The SMILES string of the molecule is O=C(N/N=C\c1ccc(OCc2ccc(F)cc2)cc1)C(=O)Nc1cccc(Cl)c1Cl. The molecule has 6 nitrogen and oxygen atoms in total. The molecule has 0 spiro atoms. The maximum Gasteiger partial charge on any atom is 0.329 e. The summed E-state index contributed by atoms with van der Waals surface area (Å²) < 4.78 is 18.5. The van der Waals surface area contributed by atoms with Gasteiger partial charge in [-0.25, -0.2) is 9.82 Å². The third-order valence-corrected chi connectivity index (χ3v) is 4.80. The van der Waals surface area contributed by atoms with Crippen molar-refractivity contribution in [3.63, 3.8) is 0 Å². The summed E-state index contributed by atoms with van der Waals surface area (Å²) in [4.78, 5) is 23.8. The zero-order valence-corrected chi connectivity index (χ0v) is 17.5. The lowest BCUT2D eigenvalue weighted by atomic mass is 10.2. The van der Waals surface area contributed by atoms with Crippen LogP contribution in [0, 0.1) is 5.82 Å². The van der Waals surface area contributed by atoms with Gasteiger partial charge in [0.1, 0.15) is 18.2 Å². The largest absolute Gasteiger partial charge is 0.489 e. The highest BCUT2D eigenvalue weighted by molar-refractivity contribution is 6.45. The molecule has 0 radical (unpaired) electrons. The van der Waals surface area contributed by atoms with Gasteiger partial charge in [-0.15, -0.1) is 0 Å². The number of carbonyl (C=O) groups is 2. The van der Waals surface area contributed by atoms with E-state index in [0.29, 0.717) is 17.9 Å². The van der Waals surface area contributed by atoms with Crippen LogP contribution in [0.25, 0.3) is 0 Å². The smallest absolute Gasteiger partial charge is 0.329 e. The molecular formula is C22H16Cl2FN3O3. The number of hydrazone groups is 1. The van der Waals surface area contributed by atoms with Crippen molar-refractivity contribution in [1.82, 2.24) is 5.43 Å². The minimum Gasteiger partial charge on any atom is -0.489 e. The van der Waals surface area contributed by atoms with E-state index in [-0.39, 0.29) is 21.5 Å². The molecule has 2 amide bonds. The van der Waals surface area contributed by atoms with Gasteiger partial charge in [0.25, 0.3) is 0 Å². The van der Waals surface area contributed by atoms with Crippen molar-refractivity contribution in [2.75, 3.05) is 5.32 Å². The molecule has 0 saturated heterocycles. The molecule has 0 aliphatic carbocycles. The van der Waals surface area contributed by atoms with E-state index < -0.39 is 11.8 Å². The number of hydrogen-bond donors (Lipinski definition) is 2. The van der Waals surface area contributed by atoms with E-state index in [1.54, 1.807) is 48.5 Å². The first-order chi connectivity index (χ1) is 14.9. The summed E-state index contributed by atoms with van der Waals surface area (Å²) in [5.74, 6) is -1.59. The predicted octanol–water partition coefficient (Wildman–Crippen LogP) is 4.80. The fraction of sp³-hybridized carbons (Fsp3) is 0.0455. The summed E-state index contributed by atoms with van der Waals surface area (Å²) in [5.41, 5.74) is 3.86. The second-order valence-corrected chi connectivity index (χ2v) is 7.02. The molecule has 0 aromatic heterocycles. The van der Waals surface area contributed by atoms with Gasteiger partial charge >= 0.3 is 11.8 Å². The monoisotopic (exact) mass is 459 g/mol. The Hall–Kier alpha value is -3.42. The van der Waals surface area contributed by atoms with Crippen molar-refractivity contribution in [2.45, 2.75) is 6.61 Å². The van der Waals surface area contributed by atoms with Crippen LogP contribution in [-0.4, -0.2) is 18.0 Å². The van der Waals surface area contributed by atoms with Crippen molar-refractivity contribution in [2.24, 2.45) is 5.10 Å². The number of benzene rings is 3. The maximum absolute atomic E-state index is 12.9. The maximum atomic E-state index is 12.9. The van der Waals surface area contributed by atoms with Gasteiger partial charge in [0.2, 0.25) is 0 Å². The Kier molecular flexibility index (Phi) is 7.59. The van der Waals surface area contributed by atoms with Gasteiger partial charge in [-0.3, -0.25) is 9.59 Å². The van der Waals surface area contributed by atoms with Crippen molar-refractivity contribution in [1.29, 1.82) is 0 Å². The van der Waals surface area contributed by atoms with Crippen LogP contribution in [0.4, 0.5) is 10.1 Å². The number of amides is 2. The van der Waals surface area contributed by atoms with Gasteiger partial charge in [0.15, 0.2) is 0 Å². The lowest BCUT2D eigenvalue weighted by Gasteiger charge is -2.07. The highest BCUT2D eigenvalue weighted by Gasteiger charge is 2.15. The first-order valence-corrected chi connectivity index (χ1v) is 9.73. The molecule has 3 aromatic rings. The predicted molar refractivity (Wildman–Crippen MR) is 118 cm³/mol. The van der Waals surface area contributed by atoms with Crippen molar-refractivity contribution >= 4 is 46.9 Å². The van der Waals surface area contributed by atoms with Gasteiger partial charge in [0.05, 0.1) is 21.9 Å². The van der Waals surface area contributed by atoms with Crippen molar-refractivity contribution in [3.05, 3.63) is 93.7 Å². The molecule has 0 fully saturated rings. The number of anilines is 1. The van der Waals surface area contributed by atoms with E-state index in [9.17, 15) is 14.0 Å². The van der Waals surface area contributed by atoms with Gasteiger partial charge in [-0.1, -0.05) is 41.4 Å². The summed E-state index contributed by atoms with van der Waals surface area (Å²) >= 11 is 11.8. The normalized spacial score (nSPS) is 10.7. The number of hydrogen-bond acceptors (Lipinski definition) is 4. The summed E-state index contributed by atoms with van der Waals surface area (Å²) in [6.07, 6.45) is 1.38. The molecule has 3 aromatic carbocycles. The average Bonchev–Trinajstić information content (AvgIpc) is 2.77. The van der Waals surface area contributed by atoms with Crippen LogP contribution >= 0.6 is 23.2 Å². The molecular weight excluding hydrogens is 444 g/mol. The Balaban J connectivity index is 1.48. The molecule has 9 heteroatoms. The molecule has 0 aliphatic rings. The van der Waals surface area contributed by atoms with E-state index in [4.69, 9.17) is 27.9 Å². The molecule has 0 saturated carbocycles. The second-order valence-electron chi connectivity index (χ2n) is 6.24. The van der Waals surface area contributed by atoms with Gasteiger partial charge in [-0.2, -0.15) is 5.10 Å². The number of halogens is 3. The van der Waals surface area contributed by atoms with E-state index >= 15 is 0 Å². The van der Waals surface area contributed by atoms with Gasteiger partial charge < -0.3 is 10.1 Å². The lowest BCUT2D eigenvalue weighted by Crippen LogP contribution is -2.32. The van der Waals surface area contributed by atoms with Crippen molar-refractivity contribution in [3.8, 4) is 5.75 Å². The number of nitrogens with zero attached hydrogens (tertiary/aromatic N) is 1. The van der Waals surface area contributed by atoms with Crippen LogP contribution in [0.15, 0.2) is 71.8 Å². The zero-order chi connectivity index (χ0) is 22.2. The Labute approximate surface area is 187 Å². The molecule has 31 heavy (non-hydrogen) atoms. The Morgan fingerprint density at radius 3 is 2.39 bits per heavy atom. The van der Waals surface area contributed by atoms with E-state index in [1.165, 1.54) is 24.4 Å². The van der Waals surface area contributed by atoms with Crippen LogP contribution in [-0.2, 0) is 16.2 Å². The Morgan fingerprint density at radius 1 is 0.968 bits per heavy atom.